The number of carbonyl (C=O) groups is 3. The molecule has 1 unspecified atom stereocenters. The molecule has 0 saturated carbocycles. The predicted octanol–water partition coefficient (Wildman–Crippen LogP) is 0.616. The van der Waals surface area contributed by atoms with Crippen LogP contribution < -0.4 is 5.32 Å². The third-order valence-corrected chi connectivity index (χ3v) is 3.26. The largest absolute Gasteiger partial charge is 0.481 e. The zero-order valence-electron chi connectivity index (χ0n) is 11.4. The van der Waals surface area contributed by atoms with E-state index in [0.717, 1.165) is 6.42 Å². The predicted molar refractivity (Wildman–Crippen MR) is 69.5 cm³/mol. The van der Waals surface area contributed by atoms with E-state index >= 15 is 0 Å². The first-order chi connectivity index (χ1) is 9.04. The van der Waals surface area contributed by atoms with Crippen molar-refractivity contribution in [3.8, 4) is 0 Å². The summed E-state index contributed by atoms with van der Waals surface area (Å²) in [6, 6.07) is 0. The third kappa shape index (κ3) is 5.28. The van der Waals surface area contributed by atoms with Crippen molar-refractivity contribution in [3.05, 3.63) is 0 Å². The lowest BCUT2D eigenvalue weighted by molar-refractivity contribution is -0.141. The van der Waals surface area contributed by atoms with Gasteiger partial charge in [0.2, 0.25) is 11.8 Å². The quantitative estimate of drug-likeness (QED) is 0.710. The number of carbonyl (C=O) groups excluding carboxylic acids is 2. The van der Waals surface area contributed by atoms with Gasteiger partial charge in [-0.15, -0.1) is 0 Å². The molecule has 1 fully saturated rings. The second-order valence-corrected chi connectivity index (χ2v) is 4.87. The number of rotatable bonds is 7. The minimum absolute atomic E-state index is 0.0283. The van der Waals surface area contributed by atoms with E-state index in [-0.39, 0.29) is 11.8 Å². The highest BCUT2D eigenvalue weighted by Crippen LogP contribution is 2.17. The molecule has 1 atom stereocenters. The highest BCUT2D eigenvalue weighted by molar-refractivity contribution is 5.80. The minimum atomic E-state index is -0.839. The summed E-state index contributed by atoms with van der Waals surface area (Å²) in [5, 5.41) is 11.6. The van der Waals surface area contributed by atoms with Crippen molar-refractivity contribution in [3.63, 3.8) is 0 Å². The van der Waals surface area contributed by atoms with Crippen molar-refractivity contribution in [2.75, 3.05) is 19.6 Å². The second kappa shape index (κ2) is 7.76. The van der Waals surface area contributed by atoms with Crippen molar-refractivity contribution in [2.45, 2.75) is 39.0 Å². The van der Waals surface area contributed by atoms with E-state index in [1.807, 2.05) is 6.92 Å². The molecule has 0 spiro atoms. The fourth-order valence-electron chi connectivity index (χ4n) is 2.10. The number of nitrogens with one attached hydrogen (secondary N) is 1. The fraction of sp³-hybridized carbons (Fsp3) is 0.769. The van der Waals surface area contributed by atoms with Gasteiger partial charge in [-0.2, -0.15) is 0 Å². The molecule has 108 valence electrons. The fourth-order valence-corrected chi connectivity index (χ4v) is 2.10. The van der Waals surface area contributed by atoms with Gasteiger partial charge in [0, 0.05) is 32.5 Å². The van der Waals surface area contributed by atoms with E-state index in [9.17, 15) is 14.4 Å². The smallest absolute Gasteiger partial charge is 0.308 e. The maximum absolute atomic E-state index is 11.8. The van der Waals surface area contributed by atoms with E-state index in [4.69, 9.17) is 5.11 Å². The number of amides is 2. The van der Waals surface area contributed by atoms with E-state index in [1.165, 1.54) is 0 Å². The summed E-state index contributed by atoms with van der Waals surface area (Å²) in [7, 11) is 0. The number of nitrogens with zero attached hydrogens (tertiary/aromatic N) is 1. The standard InChI is InChI=1S/C13H22N2O4/c1-2-7-14-11(16)4-3-5-12(17)15-8-6-10(9-15)13(18)19/h10H,2-9H2,1H3,(H,14,16)(H,18,19). The second-order valence-electron chi connectivity index (χ2n) is 4.87. The molecule has 2 amide bonds. The Balaban J connectivity index is 2.18. The van der Waals surface area contributed by atoms with E-state index in [1.54, 1.807) is 4.90 Å². The molecule has 6 nitrogen and oxygen atoms in total. The van der Waals surface area contributed by atoms with Crippen LogP contribution in [0.4, 0.5) is 0 Å². The molecule has 6 heteroatoms. The van der Waals surface area contributed by atoms with Gasteiger partial charge < -0.3 is 15.3 Å². The van der Waals surface area contributed by atoms with Crippen molar-refractivity contribution in [2.24, 2.45) is 5.92 Å². The zero-order chi connectivity index (χ0) is 14.3. The molecule has 0 aromatic carbocycles. The Morgan fingerprint density at radius 3 is 2.63 bits per heavy atom. The van der Waals surface area contributed by atoms with E-state index in [0.29, 0.717) is 45.3 Å². The number of hydrogen-bond acceptors (Lipinski definition) is 3. The van der Waals surface area contributed by atoms with Crippen LogP contribution in [-0.2, 0) is 14.4 Å². The summed E-state index contributed by atoms with van der Waals surface area (Å²) in [6.45, 7) is 3.46. The summed E-state index contributed by atoms with van der Waals surface area (Å²) in [6.07, 6.45) is 2.60. The number of hydrogen-bond donors (Lipinski definition) is 2. The molecule has 0 aromatic rings. The summed E-state index contributed by atoms with van der Waals surface area (Å²) in [5.41, 5.74) is 0. The molecule has 2 N–H and O–H groups in total. The first-order valence-electron chi connectivity index (χ1n) is 6.81. The maximum Gasteiger partial charge on any atom is 0.308 e. The summed E-state index contributed by atoms with van der Waals surface area (Å²) < 4.78 is 0. The Morgan fingerprint density at radius 2 is 2.05 bits per heavy atom. The van der Waals surface area contributed by atoms with Crippen LogP contribution in [0.2, 0.25) is 0 Å². The van der Waals surface area contributed by atoms with Crippen molar-refractivity contribution in [1.82, 2.24) is 10.2 Å². The molecule has 1 saturated heterocycles. The van der Waals surface area contributed by atoms with E-state index < -0.39 is 11.9 Å². The summed E-state index contributed by atoms with van der Waals surface area (Å²) in [4.78, 5) is 35.5. The molecule has 1 rings (SSSR count). The average molecular weight is 270 g/mol. The van der Waals surface area contributed by atoms with Crippen LogP contribution in [0.3, 0.4) is 0 Å². The lowest BCUT2D eigenvalue weighted by atomic mass is 10.1. The third-order valence-electron chi connectivity index (χ3n) is 3.26. The van der Waals surface area contributed by atoms with Gasteiger partial charge in [-0.25, -0.2) is 0 Å². The van der Waals surface area contributed by atoms with Gasteiger partial charge in [0.15, 0.2) is 0 Å². The van der Waals surface area contributed by atoms with Gasteiger partial charge in [0.25, 0.3) is 0 Å². The van der Waals surface area contributed by atoms with Crippen molar-refractivity contribution >= 4 is 17.8 Å². The van der Waals surface area contributed by atoms with Gasteiger partial charge in [-0.3, -0.25) is 14.4 Å². The molecule has 1 aliphatic heterocycles. The first-order valence-corrected chi connectivity index (χ1v) is 6.81. The molecule has 0 aliphatic carbocycles. The number of carboxylic acid groups (broad SMARTS) is 1. The van der Waals surface area contributed by atoms with Crippen LogP contribution in [0.1, 0.15) is 39.0 Å². The van der Waals surface area contributed by atoms with Crippen LogP contribution in [0.25, 0.3) is 0 Å². The van der Waals surface area contributed by atoms with Crippen LogP contribution in [-0.4, -0.2) is 47.4 Å². The molecule has 1 aliphatic rings. The SMILES string of the molecule is CCCNC(=O)CCCC(=O)N1CCC(C(=O)O)C1. The number of carboxylic acids is 1. The van der Waals surface area contributed by atoms with Gasteiger partial charge in [-0.1, -0.05) is 6.92 Å². The Bertz CT molecular complexity index is 344. The number of likely N-dealkylation sites (tertiary alicyclic amines) is 1. The molecular weight excluding hydrogens is 248 g/mol. The lowest BCUT2D eigenvalue weighted by Gasteiger charge is -2.15. The molecule has 19 heavy (non-hydrogen) atoms. The van der Waals surface area contributed by atoms with Crippen LogP contribution in [0, 0.1) is 5.92 Å². The topological polar surface area (TPSA) is 86.7 Å². The Kier molecular flexibility index (Phi) is 6.32. The molecule has 0 radical (unpaired) electrons. The Morgan fingerprint density at radius 1 is 1.32 bits per heavy atom. The van der Waals surface area contributed by atoms with Crippen LogP contribution in [0.15, 0.2) is 0 Å². The highest BCUT2D eigenvalue weighted by atomic mass is 16.4. The molecule has 0 aromatic heterocycles. The van der Waals surface area contributed by atoms with Gasteiger partial charge >= 0.3 is 5.97 Å². The van der Waals surface area contributed by atoms with Gasteiger partial charge in [0.1, 0.15) is 0 Å². The average Bonchev–Trinajstić information content (AvgIpc) is 2.86. The molecular formula is C13H22N2O4. The highest BCUT2D eigenvalue weighted by Gasteiger charge is 2.30. The van der Waals surface area contributed by atoms with Crippen molar-refractivity contribution < 1.29 is 19.5 Å². The van der Waals surface area contributed by atoms with Gasteiger partial charge in [-0.05, 0) is 19.3 Å². The summed E-state index contributed by atoms with van der Waals surface area (Å²) in [5.74, 6) is -1.35. The zero-order valence-corrected chi connectivity index (χ0v) is 11.4. The lowest BCUT2D eigenvalue weighted by Crippen LogP contribution is -2.30. The Labute approximate surface area is 113 Å². The molecule has 0 bridgehead atoms. The molecule has 1 heterocycles. The number of aliphatic carboxylic acids is 1. The van der Waals surface area contributed by atoms with Crippen molar-refractivity contribution in [1.29, 1.82) is 0 Å². The first kappa shape index (κ1) is 15.5. The monoisotopic (exact) mass is 270 g/mol. The Hall–Kier alpha value is -1.59. The van der Waals surface area contributed by atoms with Crippen LogP contribution >= 0.6 is 0 Å². The van der Waals surface area contributed by atoms with Gasteiger partial charge in [0.05, 0.1) is 5.92 Å². The minimum Gasteiger partial charge on any atom is -0.481 e. The normalized spacial score (nSPS) is 18.4. The van der Waals surface area contributed by atoms with Crippen LogP contribution in [0.5, 0.6) is 0 Å². The maximum atomic E-state index is 11.8. The summed E-state index contributed by atoms with van der Waals surface area (Å²) >= 11 is 0. The van der Waals surface area contributed by atoms with E-state index in [2.05, 4.69) is 5.32 Å².